The SMILES string of the molecule is COc1ccccc1-n1c(C)c(C)c2c1ncn1nc(C)nc21. The molecule has 6 heteroatoms. The fourth-order valence-corrected chi connectivity index (χ4v) is 3.08. The third kappa shape index (κ3) is 1.84. The molecule has 116 valence electrons. The molecule has 0 atom stereocenters. The third-order valence-electron chi connectivity index (χ3n) is 4.26. The van der Waals surface area contributed by atoms with Gasteiger partial charge in [-0.05, 0) is 38.5 Å². The summed E-state index contributed by atoms with van der Waals surface area (Å²) in [6.45, 7) is 6.07. The van der Waals surface area contributed by atoms with E-state index in [1.807, 2.05) is 31.2 Å². The Morgan fingerprint density at radius 1 is 1.04 bits per heavy atom. The van der Waals surface area contributed by atoms with Gasteiger partial charge in [0, 0.05) is 5.69 Å². The number of para-hydroxylation sites is 2. The minimum absolute atomic E-state index is 0.737. The molecule has 1 aromatic carbocycles. The molecule has 0 aliphatic carbocycles. The van der Waals surface area contributed by atoms with Gasteiger partial charge in [-0.2, -0.15) is 5.10 Å². The van der Waals surface area contributed by atoms with Crippen molar-refractivity contribution in [1.29, 1.82) is 0 Å². The van der Waals surface area contributed by atoms with Crippen LogP contribution in [0.1, 0.15) is 17.1 Å². The van der Waals surface area contributed by atoms with E-state index in [0.29, 0.717) is 0 Å². The first kappa shape index (κ1) is 13.8. The lowest BCUT2D eigenvalue weighted by Gasteiger charge is -2.12. The monoisotopic (exact) mass is 307 g/mol. The van der Waals surface area contributed by atoms with Gasteiger partial charge in [0.15, 0.2) is 11.3 Å². The lowest BCUT2D eigenvalue weighted by atomic mass is 10.2. The molecule has 6 nitrogen and oxygen atoms in total. The van der Waals surface area contributed by atoms with E-state index in [0.717, 1.165) is 45.2 Å². The largest absolute Gasteiger partial charge is 0.495 e. The quantitative estimate of drug-likeness (QED) is 0.571. The Morgan fingerprint density at radius 2 is 1.83 bits per heavy atom. The van der Waals surface area contributed by atoms with Crippen LogP contribution in [0.2, 0.25) is 0 Å². The van der Waals surface area contributed by atoms with Crippen LogP contribution >= 0.6 is 0 Å². The van der Waals surface area contributed by atoms with Gasteiger partial charge < -0.3 is 4.74 Å². The van der Waals surface area contributed by atoms with Crippen molar-refractivity contribution in [2.45, 2.75) is 20.8 Å². The summed E-state index contributed by atoms with van der Waals surface area (Å²) in [6, 6.07) is 7.95. The van der Waals surface area contributed by atoms with Gasteiger partial charge in [-0.25, -0.2) is 14.5 Å². The number of hydrogen-bond donors (Lipinski definition) is 0. The van der Waals surface area contributed by atoms with Gasteiger partial charge in [-0.15, -0.1) is 0 Å². The molecular formula is C17H17N5O. The van der Waals surface area contributed by atoms with Crippen LogP contribution in [0.5, 0.6) is 5.75 Å². The Morgan fingerprint density at radius 3 is 2.61 bits per heavy atom. The molecule has 4 aromatic rings. The molecule has 3 aromatic heterocycles. The first-order chi connectivity index (χ1) is 11.1. The Balaban J connectivity index is 2.16. The Kier molecular flexibility index (Phi) is 2.87. The maximum atomic E-state index is 5.52. The summed E-state index contributed by atoms with van der Waals surface area (Å²) in [5.74, 6) is 1.55. The van der Waals surface area contributed by atoms with Crippen molar-refractivity contribution >= 4 is 16.7 Å². The maximum Gasteiger partial charge on any atom is 0.168 e. The summed E-state index contributed by atoms with van der Waals surface area (Å²) >= 11 is 0. The zero-order valence-electron chi connectivity index (χ0n) is 13.5. The molecule has 3 heterocycles. The predicted molar refractivity (Wildman–Crippen MR) is 88.4 cm³/mol. The summed E-state index contributed by atoms with van der Waals surface area (Å²) in [5, 5.41) is 5.38. The number of rotatable bonds is 2. The number of aromatic nitrogens is 5. The van der Waals surface area contributed by atoms with Gasteiger partial charge in [-0.1, -0.05) is 12.1 Å². The average molecular weight is 307 g/mol. The number of hydrogen-bond acceptors (Lipinski definition) is 4. The zero-order valence-corrected chi connectivity index (χ0v) is 13.5. The number of benzene rings is 1. The number of aryl methyl sites for hydroxylation is 2. The van der Waals surface area contributed by atoms with Crippen molar-refractivity contribution in [2.75, 3.05) is 7.11 Å². The van der Waals surface area contributed by atoms with Gasteiger partial charge in [0.2, 0.25) is 0 Å². The first-order valence-electron chi connectivity index (χ1n) is 7.44. The van der Waals surface area contributed by atoms with Crippen LogP contribution in [-0.2, 0) is 0 Å². The van der Waals surface area contributed by atoms with Crippen molar-refractivity contribution in [1.82, 2.24) is 24.1 Å². The highest BCUT2D eigenvalue weighted by Crippen LogP contribution is 2.33. The highest BCUT2D eigenvalue weighted by Gasteiger charge is 2.19. The fourth-order valence-electron chi connectivity index (χ4n) is 3.08. The molecule has 0 spiro atoms. The lowest BCUT2D eigenvalue weighted by molar-refractivity contribution is 0.413. The van der Waals surface area contributed by atoms with E-state index in [1.165, 1.54) is 0 Å². The Hall–Kier alpha value is -2.89. The smallest absolute Gasteiger partial charge is 0.168 e. The van der Waals surface area contributed by atoms with Gasteiger partial charge in [0.1, 0.15) is 17.9 Å². The van der Waals surface area contributed by atoms with Crippen LogP contribution in [0.3, 0.4) is 0 Å². The molecular weight excluding hydrogens is 290 g/mol. The van der Waals surface area contributed by atoms with Gasteiger partial charge in [0.05, 0.1) is 18.2 Å². The van der Waals surface area contributed by atoms with E-state index in [2.05, 4.69) is 33.5 Å². The molecule has 0 aliphatic rings. The van der Waals surface area contributed by atoms with Gasteiger partial charge in [0.25, 0.3) is 0 Å². The van der Waals surface area contributed by atoms with Crippen LogP contribution in [-0.4, -0.2) is 31.3 Å². The molecule has 0 bridgehead atoms. The van der Waals surface area contributed by atoms with E-state index >= 15 is 0 Å². The molecule has 0 unspecified atom stereocenters. The van der Waals surface area contributed by atoms with Crippen LogP contribution < -0.4 is 4.74 Å². The summed E-state index contributed by atoms with van der Waals surface area (Å²) in [7, 11) is 1.68. The molecule has 4 rings (SSSR count). The van der Waals surface area contributed by atoms with Crippen molar-refractivity contribution < 1.29 is 4.74 Å². The predicted octanol–water partition coefficient (Wildman–Crippen LogP) is 3.00. The van der Waals surface area contributed by atoms with Crippen molar-refractivity contribution in [2.24, 2.45) is 0 Å². The number of ether oxygens (including phenoxy) is 1. The Bertz CT molecular complexity index is 1040. The van der Waals surface area contributed by atoms with Crippen LogP contribution in [0.15, 0.2) is 30.6 Å². The lowest BCUT2D eigenvalue weighted by Crippen LogP contribution is -2.01. The minimum atomic E-state index is 0.737. The van der Waals surface area contributed by atoms with E-state index < -0.39 is 0 Å². The summed E-state index contributed by atoms with van der Waals surface area (Å²) in [4.78, 5) is 9.18. The van der Waals surface area contributed by atoms with Crippen LogP contribution in [0.25, 0.3) is 22.4 Å². The highest BCUT2D eigenvalue weighted by molar-refractivity contribution is 5.95. The van der Waals surface area contributed by atoms with Crippen molar-refractivity contribution in [3.05, 3.63) is 47.7 Å². The highest BCUT2D eigenvalue weighted by atomic mass is 16.5. The molecule has 0 aliphatic heterocycles. The van der Waals surface area contributed by atoms with Crippen LogP contribution in [0, 0.1) is 20.8 Å². The second kappa shape index (κ2) is 4.81. The molecule has 0 fully saturated rings. The fraction of sp³-hybridized carbons (Fsp3) is 0.235. The standard InChI is InChI=1S/C17H17N5O/c1-10-11(2)22(13-7-5-6-8-14(13)23-4)16-15(10)17-19-12(3)20-21(17)9-18-16/h5-9H,1-4H3. The first-order valence-corrected chi connectivity index (χ1v) is 7.44. The normalized spacial score (nSPS) is 11.5. The average Bonchev–Trinajstić information content (AvgIpc) is 3.05. The minimum Gasteiger partial charge on any atom is -0.495 e. The van der Waals surface area contributed by atoms with Gasteiger partial charge in [-0.3, -0.25) is 4.57 Å². The molecule has 0 saturated carbocycles. The molecule has 0 saturated heterocycles. The summed E-state index contributed by atoms with van der Waals surface area (Å²) in [6.07, 6.45) is 1.71. The number of nitrogens with zero attached hydrogens (tertiary/aromatic N) is 5. The van der Waals surface area contributed by atoms with E-state index in [9.17, 15) is 0 Å². The van der Waals surface area contributed by atoms with Crippen molar-refractivity contribution in [3.63, 3.8) is 0 Å². The second-order valence-electron chi connectivity index (χ2n) is 5.59. The zero-order chi connectivity index (χ0) is 16.1. The number of fused-ring (bicyclic) bond motifs is 3. The molecule has 0 radical (unpaired) electrons. The van der Waals surface area contributed by atoms with Crippen LogP contribution in [0.4, 0.5) is 0 Å². The molecule has 0 amide bonds. The van der Waals surface area contributed by atoms with E-state index in [4.69, 9.17) is 4.74 Å². The summed E-state index contributed by atoms with van der Waals surface area (Å²) < 4.78 is 9.37. The Labute approximate surface area is 133 Å². The molecule has 23 heavy (non-hydrogen) atoms. The topological polar surface area (TPSA) is 57.2 Å². The van der Waals surface area contributed by atoms with Crippen molar-refractivity contribution in [3.8, 4) is 11.4 Å². The second-order valence-corrected chi connectivity index (χ2v) is 5.59. The van der Waals surface area contributed by atoms with Gasteiger partial charge >= 0.3 is 0 Å². The van der Waals surface area contributed by atoms with E-state index in [1.54, 1.807) is 18.0 Å². The number of methoxy groups -OCH3 is 1. The van der Waals surface area contributed by atoms with E-state index in [-0.39, 0.29) is 0 Å². The summed E-state index contributed by atoms with van der Waals surface area (Å²) in [5.41, 5.74) is 4.94. The molecule has 0 N–H and O–H groups in total. The third-order valence-corrected chi connectivity index (χ3v) is 4.26. The maximum absolute atomic E-state index is 5.52.